The quantitative estimate of drug-likeness (QED) is 0.726. The average Bonchev–Trinajstić information content (AvgIpc) is 2.95. The fourth-order valence-corrected chi connectivity index (χ4v) is 4.07. The fourth-order valence-electron chi connectivity index (χ4n) is 2.77. The molecule has 3 nitrogen and oxygen atoms in total. The van der Waals surface area contributed by atoms with E-state index in [0.29, 0.717) is 5.56 Å². The van der Waals surface area contributed by atoms with E-state index >= 15 is 0 Å². The second-order valence-corrected chi connectivity index (χ2v) is 6.93. The summed E-state index contributed by atoms with van der Waals surface area (Å²) in [5.74, 6) is 0.0725. The molecule has 0 bridgehead atoms. The number of likely N-dealkylation sites (tertiary alicyclic amines) is 1. The third kappa shape index (κ3) is 3.19. The number of amides is 1. The Labute approximate surface area is 140 Å². The van der Waals surface area contributed by atoms with E-state index in [1.165, 1.54) is 0 Å². The zero-order chi connectivity index (χ0) is 14.8. The summed E-state index contributed by atoms with van der Waals surface area (Å²) in [4.78, 5) is 18.9. The van der Waals surface area contributed by atoms with Crippen molar-refractivity contribution >= 4 is 37.8 Å². The van der Waals surface area contributed by atoms with Gasteiger partial charge in [0, 0.05) is 33.4 Å². The highest BCUT2D eigenvalue weighted by atomic mass is 79.9. The standard InChI is InChI=1S/C16H14Br2N2O/c17-13-7-12(8-14(18)9-13)16(21)20-6-2-4-15(20)11-3-1-5-19-10-11/h1,3,5,7-10,15H,2,4,6H2. The van der Waals surface area contributed by atoms with Gasteiger partial charge in [0.25, 0.3) is 5.91 Å². The number of nitrogens with zero attached hydrogens (tertiary/aromatic N) is 2. The number of aromatic nitrogens is 1. The number of rotatable bonds is 2. The van der Waals surface area contributed by atoms with Gasteiger partial charge < -0.3 is 4.90 Å². The molecule has 1 amide bonds. The lowest BCUT2D eigenvalue weighted by Gasteiger charge is -2.25. The van der Waals surface area contributed by atoms with Crippen molar-refractivity contribution < 1.29 is 4.79 Å². The van der Waals surface area contributed by atoms with Gasteiger partial charge in [-0.15, -0.1) is 0 Å². The van der Waals surface area contributed by atoms with Crippen molar-refractivity contribution in [3.63, 3.8) is 0 Å². The van der Waals surface area contributed by atoms with E-state index in [1.807, 2.05) is 41.4 Å². The van der Waals surface area contributed by atoms with Crippen LogP contribution in [0.2, 0.25) is 0 Å². The van der Waals surface area contributed by atoms with Gasteiger partial charge in [-0.1, -0.05) is 37.9 Å². The molecule has 21 heavy (non-hydrogen) atoms. The normalized spacial score (nSPS) is 18.0. The average molecular weight is 410 g/mol. The lowest BCUT2D eigenvalue weighted by atomic mass is 10.1. The molecule has 1 atom stereocenters. The Morgan fingerprint density at radius 1 is 1.24 bits per heavy atom. The predicted molar refractivity (Wildman–Crippen MR) is 89.1 cm³/mol. The van der Waals surface area contributed by atoms with Gasteiger partial charge in [-0.3, -0.25) is 9.78 Å². The van der Waals surface area contributed by atoms with E-state index in [1.54, 1.807) is 6.20 Å². The Hall–Kier alpha value is -1.20. The topological polar surface area (TPSA) is 33.2 Å². The van der Waals surface area contributed by atoms with Crippen molar-refractivity contribution in [1.29, 1.82) is 0 Å². The maximum Gasteiger partial charge on any atom is 0.254 e. The smallest absolute Gasteiger partial charge is 0.254 e. The first-order chi connectivity index (χ1) is 10.1. The summed E-state index contributed by atoms with van der Waals surface area (Å²) >= 11 is 6.88. The molecule has 0 spiro atoms. The van der Waals surface area contributed by atoms with Crippen LogP contribution >= 0.6 is 31.9 Å². The fraction of sp³-hybridized carbons (Fsp3) is 0.250. The molecule has 1 aliphatic heterocycles. The highest BCUT2D eigenvalue weighted by Gasteiger charge is 2.30. The molecule has 1 saturated heterocycles. The first-order valence-corrected chi connectivity index (χ1v) is 8.41. The Balaban J connectivity index is 1.90. The van der Waals surface area contributed by atoms with E-state index in [-0.39, 0.29) is 11.9 Å². The van der Waals surface area contributed by atoms with Crippen LogP contribution in [0.3, 0.4) is 0 Å². The van der Waals surface area contributed by atoms with Gasteiger partial charge in [0.15, 0.2) is 0 Å². The second-order valence-electron chi connectivity index (χ2n) is 5.10. The molecule has 1 unspecified atom stereocenters. The van der Waals surface area contributed by atoms with Crippen molar-refractivity contribution in [2.75, 3.05) is 6.54 Å². The summed E-state index contributed by atoms with van der Waals surface area (Å²) in [7, 11) is 0. The zero-order valence-corrected chi connectivity index (χ0v) is 14.5. The minimum absolute atomic E-state index is 0.0725. The van der Waals surface area contributed by atoms with Gasteiger partial charge >= 0.3 is 0 Å². The molecular formula is C16H14Br2N2O. The minimum Gasteiger partial charge on any atom is -0.332 e. The Bertz CT molecular complexity index is 640. The van der Waals surface area contributed by atoms with Crippen LogP contribution in [0.25, 0.3) is 0 Å². The van der Waals surface area contributed by atoms with Crippen LogP contribution in [-0.4, -0.2) is 22.3 Å². The van der Waals surface area contributed by atoms with Crippen molar-refractivity contribution in [2.24, 2.45) is 0 Å². The molecular weight excluding hydrogens is 396 g/mol. The monoisotopic (exact) mass is 408 g/mol. The molecule has 0 aliphatic carbocycles. The summed E-state index contributed by atoms with van der Waals surface area (Å²) in [5.41, 5.74) is 1.81. The SMILES string of the molecule is O=C(c1cc(Br)cc(Br)c1)N1CCCC1c1cccnc1. The van der Waals surface area contributed by atoms with Gasteiger partial charge in [0.1, 0.15) is 0 Å². The molecule has 2 aromatic rings. The summed E-state index contributed by atoms with van der Waals surface area (Å²) < 4.78 is 1.80. The van der Waals surface area contributed by atoms with Gasteiger partial charge in [-0.2, -0.15) is 0 Å². The molecule has 1 aromatic carbocycles. The zero-order valence-electron chi connectivity index (χ0n) is 11.3. The first-order valence-electron chi connectivity index (χ1n) is 6.82. The summed E-state index contributed by atoms with van der Waals surface area (Å²) in [6.07, 6.45) is 5.64. The summed E-state index contributed by atoms with van der Waals surface area (Å²) in [6.45, 7) is 0.794. The van der Waals surface area contributed by atoms with E-state index in [2.05, 4.69) is 36.8 Å². The largest absolute Gasteiger partial charge is 0.332 e. The van der Waals surface area contributed by atoms with Crippen molar-refractivity contribution in [1.82, 2.24) is 9.88 Å². The number of hydrogen-bond acceptors (Lipinski definition) is 2. The molecule has 1 aliphatic rings. The maximum atomic E-state index is 12.8. The van der Waals surface area contributed by atoms with Crippen LogP contribution in [0.15, 0.2) is 51.7 Å². The van der Waals surface area contributed by atoms with Crippen molar-refractivity contribution in [3.8, 4) is 0 Å². The highest BCUT2D eigenvalue weighted by Crippen LogP contribution is 2.33. The lowest BCUT2D eigenvalue weighted by Crippen LogP contribution is -2.30. The molecule has 0 N–H and O–H groups in total. The van der Waals surface area contributed by atoms with Crippen molar-refractivity contribution in [2.45, 2.75) is 18.9 Å². The lowest BCUT2D eigenvalue weighted by molar-refractivity contribution is 0.0735. The third-order valence-electron chi connectivity index (χ3n) is 3.69. The van der Waals surface area contributed by atoms with Crippen LogP contribution in [0.1, 0.15) is 34.8 Å². The van der Waals surface area contributed by atoms with Crippen LogP contribution in [0, 0.1) is 0 Å². The Kier molecular flexibility index (Phi) is 4.40. The number of pyridine rings is 1. The van der Waals surface area contributed by atoms with Gasteiger partial charge in [0.2, 0.25) is 0 Å². The number of carbonyl (C=O) groups is 1. The molecule has 1 aromatic heterocycles. The molecule has 5 heteroatoms. The van der Waals surface area contributed by atoms with Crippen LogP contribution in [-0.2, 0) is 0 Å². The van der Waals surface area contributed by atoms with E-state index in [9.17, 15) is 4.79 Å². The number of halogens is 2. The molecule has 0 saturated carbocycles. The van der Waals surface area contributed by atoms with E-state index < -0.39 is 0 Å². The molecule has 1 fully saturated rings. The molecule has 2 heterocycles. The molecule has 0 radical (unpaired) electrons. The van der Waals surface area contributed by atoms with Gasteiger partial charge in [0.05, 0.1) is 6.04 Å². The van der Waals surface area contributed by atoms with Crippen LogP contribution in [0.5, 0.6) is 0 Å². The van der Waals surface area contributed by atoms with Gasteiger partial charge in [-0.05, 0) is 42.7 Å². The predicted octanol–water partition coefficient (Wildman–Crippen LogP) is 4.58. The van der Waals surface area contributed by atoms with E-state index in [4.69, 9.17) is 0 Å². The highest BCUT2D eigenvalue weighted by molar-refractivity contribution is 9.11. The maximum absolute atomic E-state index is 12.8. The third-order valence-corrected chi connectivity index (χ3v) is 4.61. The van der Waals surface area contributed by atoms with Crippen LogP contribution < -0.4 is 0 Å². The number of carbonyl (C=O) groups excluding carboxylic acids is 1. The minimum atomic E-state index is 0.0725. The number of hydrogen-bond donors (Lipinski definition) is 0. The van der Waals surface area contributed by atoms with Crippen molar-refractivity contribution in [3.05, 3.63) is 62.8 Å². The summed E-state index contributed by atoms with van der Waals surface area (Å²) in [5, 5.41) is 0. The van der Waals surface area contributed by atoms with Gasteiger partial charge in [-0.25, -0.2) is 0 Å². The molecule has 108 valence electrons. The second kappa shape index (κ2) is 6.28. The van der Waals surface area contributed by atoms with Crippen LogP contribution in [0.4, 0.5) is 0 Å². The molecule has 3 rings (SSSR count). The first kappa shape index (κ1) is 14.7. The Morgan fingerprint density at radius 3 is 2.67 bits per heavy atom. The van der Waals surface area contributed by atoms with E-state index in [0.717, 1.165) is 33.9 Å². The Morgan fingerprint density at radius 2 is 2.00 bits per heavy atom. The summed E-state index contributed by atoms with van der Waals surface area (Å²) in [6, 6.07) is 9.76. The number of benzene rings is 1.